The van der Waals surface area contributed by atoms with E-state index in [1.54, 1.807) is 0 Å². The predicted octanol–water partition coefficient (Wildman–Crippen LogP) is -0.176. The average Bonchev–Trinajstić information content (AvgIpc) is 2.37. The number of hydrogen-bond acceptors (Lipinski definition) is 3. The monoisotopic (exact) mass is 124 g/mol. The molecule has 1 aromatic rings. The molecule has 0 aliphatic carbocycles. The third-order valence-electron chi connectivity index (χ3n) is 0.895. The van der Waals surface area contributed by atoms with Crippen molar-refractivity contribution in [2.24, 2.45) is 0 Å². The number of hydrogen-bond donors (Lipinski definition) is 2. The minimum Gasteiger partial charge on any atom is -0.381 e. The van der Waals surface area contributed by atoms with Crippen LogP contribution in [0.4, 0.5) is 0 Å². The molecule has 4 nitrogen and oxygen atoms in total. The fourth-order valence-electron chi connectivity index (χ4n) is 0.431. The normalized spacial score (nSPS) is 13.0. The number of aliphatic hydroxyl groups excluding tert-OH is 1. The van der Waals surface area contributed by atoms with Gasteiger partial charge < -0.3 is 10.1 Å². The standard InChI is InChI=1S/C5H6N3O/c1-2-4(9)5-6-3-7-8-5/h2,4,9H,1H2,(H,6,7,8). The second kappa shape index (κ2) is 2.41. The Balaban J connectivity index is 2.76. The minimum atomic E-state index is -0.760. The maximum absolute atomic E-state index is 8.95. The summed E-state index contributed by atoms with van der Waals surface area (Å²) in [6, 6.07) is 0. The van der Waals surface area contributed by atoms with Gasteiger partial charge >= 0.3 is 0 Å². The van der Waals surface area contributed by atoms with Crippen molar-refractivity contribution in [3.8, 4) is 0 Å². The summed E-state index contributed by atoms with van der Waals surface area (Å²) in [4.78, 5) is 2.52. The van der Waals surface area contributed by atoms with Crippen LogP contribution in [0.15, 0.2) is 12.7 Å². The smallest absolute Gasteiger partial charge is 0.199 e. The molecule has 1 unspecified atom stereocenters. The largest absolute Gasteiger partial charge is 0.381 e. The van der Waals surface area contributed by atoms with Crippen LogP contribution in [0.25, 0.3) is 0 Å². The minimum absolute atomic E-state index is 0.366. The summed E-state index contributed by atoms with van der Waals surface area (Å²) in [5.74, 6) is 0.366. The third kappa shape index (κ3) is 1.14. The Morgan fingerprint density at radius 2 is 2.67 bits per heavy atom. The van der Waals surface area contributed by atoms with Crippen molar-refractivity contribution in [2.75, 3.05) is 0 Å². The first kappa shape index (κ1) is 5.97. The molecule has 0 aliphatic rings. The summed E-state index contributed by atoms with van der Waals surface area (Å²) in [5, 5.41) is 15.8. The molecule has 0 saturated heterocycles. The molecule has 1 radical (unpaired) electrons. The van der Waals surface area contributed by atoms with E-state index in [0.717, 1.165) is 0 Å². The highest BCUT2D eigenvalue weighted by molar-refractivity contribution is 4.95. The summed E-state index contributed by atoms with van der Waals surface area (Å²) in [5.41, 5.74) is 0. The Morgan fingerprint density at radius 3 is 3.11 bits per heavy atom. The Labute approximate surface area is 52.2 Å². The Bertz CT molecular complexity index is 182. The molecule has 47 valence electrons. The summed E-state index contributed by atoms with van der Waals surface area (Å²) in [7, 11) is 0. The van der Waals surface area contributed by atoms with Gasteiger partial charge in [0.05, 0.1) is 0 Å². The first-order valence-corrected chi connectivity index (χ1v) is 2.44. The van der Waals surface area contributed by atoms with Gasteiger partial charge in [-0.3, -0.25) is 0 Å². The fourth-order valence-corrected chi connectivity index (χ4v) is 0.431. The molecule has 1 rings (SSSR count). The van der Waals surface area contributed by atoms with Crippen LogP contribution in [0.1, 0.15) is 11.9 Å². The van der Waals surface area contributed by atoms with Gasteiger partial charge in [-0.2, -0.15) is 0 Å². The SMILES string of the molecule is C=CC(O)c1nn[c][nH]1. The highest BCUT2D eigenvalue weighted by Crippen LogP contribution is 2.03. The van der Waals surface area contributed by atoms with E-state index in [4.69, 9.17) is 5.11 Å². The van der Waals surface area contributed by atoms with E-state index in [0.29, 0.717) is 5.82 Å². The molecule has 0 aliphatic heterocycles. The lowest BCUT2D eigenvalue weighted by Gasteiger charge is -1.95. The predicted molar refractivity (Wildman–Crippen MR) is 30.4 cm³/mol. The highest BCUT2D eigenvalue weighted by Gasteiger charge is 2.03. The van der Waals surface area contributed by atoms with E-state index >= 15 is 0 Å². The molecular formula is C5H6N3O. The van der Waals surface area contributed by atoms with E-state index < -0.39 is 6.10 Å². The molecule has 0 saturated carbocycles. The second-order valence-electron chi connectivity index (χ2n) is 1.50. The van der Waals surface area contributed by atoms with E-state index in [-0.39, 0.29) is 0 Å². The Kier molecular flexibility index (Phi) is 1.60. The lowest BCUT2D eigenvalue weighted by molar-refractivity contribution is 0.219. The zero-order valence-corrected chi connectivity index (χ0v) is 4.70. The lowest BCUT2D eigenvalue weighted by Crippen LogP contribution is -1.94. The third-order valence-corrected chi connectivity index (χ3v) is 0.895. The van der Waals surface area contributed by atoms with Crippen LogP contribution in [-0.4, -0.2) is 20.3 Å². The molecule has 1 atom stereocenters. The van der Waals surface area contributed by atoms with Crippen molar-refractivity contribution in [3.63, 3.8) is 0 Å². The second-order valence-corrected chi connectivity index (χ2v) is 1.50. The van der Waals surface area contributed by atoms with Crippen LogP contribution >= 0.6 is 0 Å². The number of H-pyrrole nitrogens is 1. The Morgan fingerprint density at radius 1 is 1.89 bits per heavy atom. The van der Waals surface area contributed by atoms with Gasteiger partial charge in [-0.1, -0.05) is 6.08 Å². The Hall–Kier alpha value is -1.16. The molecular weight excluding hydrogens is 118 g/mol. The van der Waals surface area contributed by atoms with E-state index in [9.17, 15) is 0 Å². The summed E-state index contributed by atoms with van der Waals surface area (Å²) in [6.45, 7) is 3.36. The highest BCUT2D eigenvalue weighted by atomic mass is 16.3. The van der Waals surface area contributed by atoms with Crippen molar-refractivity contribution in [2.45, 2.75) is 6.10 Å². The van der Waals surface area contributed by atoms with Gasteiger partial charge in [-0.25, -0.2) is 0 Å². The molecule has 2 N–H and O–H groups in total. The van der Waals surface area contributed by atoms with Gasteiger partial charge in [0.1, 0.15) is 6.10 Å². The quantitative estimate of drug-likeness (QED) is 0.538. The van der Waals surface area contributed by atoms with Gasteiger partial charge in [0.15, 0.2) is 12.2 Å². The lowest BCUT2D eigenvalue weighted by atomic mass is 10.3. The van der Waals surface area contributed by atoms with Gasteiger partial charge in [-0.05, 0) is 0 Å². The maximum Gasteiger partial charge on any atom is 0.199 e. The van der Waals surface area contributed by atoms with E-state index in [2.05, 4.69) is 28.1 Å². The van der Waals surface area contributed by atoms with Crippen LogP contribution < -0.4 is 0 Å². The van der Waals surface area contributed by atoms with Crippen molar-refractivity contribution in [1.82, 2.24) is 15.2 Å². The summed E-state index contributed by atoms with van der Waals surface area (Å²) >= 11 is 0. The number of nitrogens with zero attached hydrogens (tertiary/aromatic N) is 2. The van der Waals surface area contributed by atoms with E-state index in [1.807, 2.05) is 0 Å². The number of rotatable bonds is 2. The van der Waals surface area contributed by atoms with E-state index in [1.165, 1.54) is 6.08 Å². The van der Waals surface area contributed by atoms with Crippen molar-refractivity contribution < 1.29 is 5.11 Å². The van der Waals surface area contributed by atoms with Gasteiger partial charge in [0.25, 0.3) is 0 Å². The van der Waals surface area contributed by atoms with Crippen molar-refractivity contribution >= 4 is 0 Å². The van der Waals surface area contributed by atoms with Gasteiger partial charge in [-0.15, -0.1) is 16.8 Å². The fraction of sp³-hybridized carbons (Fsp3) is 0.200. The zero-order chi connectivity index (χ0) is 6.69. The number of aliphatic hydroxyl groups is 1. The van der Waals surface area contributed by atoms with Gasteiger partial charge in [0.2, 0.25) is 0 Å². The summed E-state index contributed by atoms with van der Waals surface area (Å²) < 4.78 is 0. The molecule has 9 heavy (non-hydrogen) atoms. The van der Waals surface area contributed by atoms with Crippen LogP contribution in [0.2, 0.25) is 0 Å². The zero-order valence-electron chi connectivity index (χ0n) is 4.70. The molecule has 1 heterocycles. The molecule has 1 aromatic heterocycles. The van der Waals surface area contributed by atoms with Crippen LogP contribution in [0.3, 0.4) is 0 Å². The first-order chi connectivity index (χ1) is 4.34. The van der Waals surface area contributed by atoms with Crippen LogP contribution in [-0.2, 0) is 0 Å². The average molecular weight is 124 g/mol. The first-order valence-electron chi connectivity index (χ1n) is 2.44. The van der Waals surface area contributed by atoms with Crippen molar-refractivity contribution in [1.29, 1.82) is 0 Å². The van der Waals surface area contributed by atoms with Gasteiger partial charge in [0, 0.05) is 0 Å². The number of aromatic nitrogens is 3. The molecule has 4 heteroatoms. The van der Waals surface area contributed by atoms with Crippen LogP contribution in [0.5, 0.6) is 0 Å². The number of nitrogens with one attached hydrogen (secondary N) is 1. The van der Waals surface area contributed by atoms with Crippen molar-refractivity contribution in [3.05, 3.63) is 24.8 Å². The number of aromatic amines is 1. The topological polar surface area (TPSA) is 61.8 Å². The molecule has 0 amide bonds. The molecule has 0 aromatic carbocycles. The molecule has 0 bridgehead atoms. The molecule has 0 spiro atoms. The maximum atomic E-state index is 8.95. The van der Waals surface area contributed by atoms with Crippen LogP contribution in [0, 0.1) is 6.33 Å². The molecule has 0 fully saturated rings. The summed E-state index contributed by atoms with van der Waals surface area (Å²) in [6.07, 6.45) is 2.95.